The summed E-state index contributed by atoms with van der Waals surface area (Å²) in [6.07, 6.45) is 9.96. The molecule has 4 heteroatoms. The first-order valence-corrected chi connectivity index (χ1v) is 8.27. The Morgan fingerprint density at radius 3 is 2.55 bits per heavy atom. The molecule has 1 fully saturated rings. The summed E-state index contributed by atoms with van der Waals surface area (Å²) in [4.78, 5) is 11.7. The van der Waals surface area contributed by atoms with Gasteiger partial charge >= 0.3 is 6.03 Å². The highest BCUT2D eigenvalue weighted by atomic mass is 16.3. The average Bonchev–Trinajstić information content (AvgIpc) is 2.44. The van der Waals surface area contributed by atoms with E-state index < -0.39 is 0 Å². The van der Waals surface area contributed by atoms with Crippen molar-refractivity contribution in [2.24, 2.45) is 11.8 Å². The lowest BCUT2D eigenvalue weighted by Gasteiger charge is -2.23. The van der Waals surface area contributed by atoms with Gasteiger partial charge in [-0.05, 0) is 38.0 Å². The molecule has 0 aliphatic heterocycles. The van der Waals surface area contributed by atoms with E-state index in [0.29, 0.717) is 12.5 Å². The van der Waals surface area contributed by atoms with Crippen molar-refractivity contribution in [1.29, 1.82) is 0 Å². The van der Waals surface area contributed by atoms with Crippen LogP contribution >= 0.6 is 0 Å². The summed E-state index contributed by atoms with van der Waals surface area (Å²) >= 11 is 0. The van der Waals surface area contributed by atoms with Crippen LogP contribution in [0.3, 0.4) is 0 Å². The molecule has 0 aromatic carbocycles. The van der Waals surface area contributed by atoms with Gasteiger partial charge in [-0.3, -0.25) is 0 Å². The second-order valence-corrected chi connectivity index (χ2v) is 6.45. The SMILES string of the molecule is CC(CCO)CNC(=O)NC(C)CCC1CCCCC1. The van der Waals surface area contributed by atoms with Crippen molar-refractivity contribution in [1.82, 2.24) is 10.6 Å². The number of carbonyl (C=O) groups is 1. The standard InChI is InChI=1S/C16H32N2O2/c1-13(10-11-19)12-17-16(20)18-14(2)8-9-15-6-4-3-5-7-15/h13-15,19H,3-12H2,1-2H3,(H2,17,18,20). The first kappa shape index (κ1) is 17.3. The van der Waals surface area contributed by atoms with E-state index in [0.717, 1.165) is 18.8 Å². The Labute approximate surface area is 123 Å². The number of rotatable bonds is 8. The van der Waals surface area contributed by atoms with Crippen LogP contribution in [0.5, 0.6) is 0 Å². The van der Waals surface area contributed by atoms with Gasteiger partial charge in [0.15, 0.2) is 0 Å². The fraction of sp³-hybridized carbons (Fsp3) is 0.938. The molecule has 0 spiro atoms. The highest BCUT2D eigenvalue weighted by molar-refractivity contribution is 5.74. The van der Waals surface area contributed by atoms with Gasteiger partial charge in [0.25, 0.3) is 0 Å². The molecule has 4 nitrogen and oxygen atoms in total. The molecule has 20 heavy (non-hydrogen) atoms. The normalized spacial score (nSPS) is 19.4. The van der Waals surface area contributed by atoms with Crippen LogP contribution < -0.4 is 10.6 Å². The van der Waals surface area contributed by atoms with E-state index in [9.17, 15) is 4.79 Å². The van der Waals surface area contributed by atoms with Crippen LogP contribution in [0.25, 0.3) is 0 Å². The highest BCUT2D eigenvalue weighted by Crippen LogP contribution is 2.27. The molecule has 0 saturated heterocycles. The molecular formula is C16H32N2O2. The minimum atomic E-state index is -0.0778. The molecule has 0 heterocycles. The number of hydrogen-bond acceptors (Lipinski definition) is 2. The largest absolute Gasteiger partial charge is 0.396 e. The maximum atomic E-state index is 11.7. The van der Waals surface area contributed by atoms with Crippen LogP contribution in [0.1, 0.15) is 65.2 Å². The summed E-state index contributed by atoms with van der Waals surface area (Å²) in [5, 5.41) is 14.7. The fourth-order valence-corrected chi connectivity index (χ4v) is 2.90. The number of amides is 2. The van der Waals surface area contributed by atoms with E-state index in [4.69, 9.17) is 5.11 Å². The molecule has 3 N–H and O–H groups in total. The van der Waals surface area contributed by atoms with Gasteiger partial charge in [-0.25, -0.2) is 4.79 Å². The Bertz CT molecular complexity index is 265. The number of urea groups is 1. The summed E-state index contributed by atoms with van der Waals surface area (Å²) in [7, 11) is 0. The van der Waals surface area contributed by atoms with E-state index in [1.165, 1.54) is 38.5 Å². The lowest BCUT2D eigenvalue weighted by molar-refractivity contribution is 0.229. The van der Waals surface area contributed by atoms with Crippen molar-refractivity contribution in [3.8, 4) is 0 Å². The first-order chi connectivity index (χ1) is 9.61. The third-order valence-electron chi connectivity index (χ3n) is 4.34. The maximum Gasteiger partial charge on any atom is 0.315 e. The molecule has 1 aliphatic carbocycles. The predicted molar refractivity (Wildman–Crippen MR) is 82.7 cm³/mol. The maximum absolute atomic E-state index is 11.7. The molecule has 0 aromatic rings. The molecule has 2 unspecified atom stereocenters. The molecule has 1 saturated carbocycles. The second-order valence-electron chi connectivity index (χ2n) is 6.45. The third kappa shape index (κ3) is 7.73. The van der Waals surface area contributed by atoms with Gasteiger partial charge in [-0.15, -0.1) is 0 Å². The summed E-state index contributed by atoms with van der Waals surface area (Å²) in [6, 6.07) is 0.163. The van der Waals surface area contributed by atoms with Gasteiger partial charge in [0.1, 0.15) is 0 Å². The summed E-state index contributed by atoms with van der Waals surface area (Å²) in [6.45, 7) is 4.92. The molecular weight excluding hydrogens is 252 g/mol. The Morgan fingerprint density at radius 2 is 1.90 bits per heavy atom. The molecule has 0 bridgehead atoms. The highest BCUT2D eigenvalue weighted by Gasteiger charge is 2.15. The van der Waals surface area contributed by atoms with Gasteiger partial charge in [0, 0.05) is 19.2 Å². The van der Waals surface area contributed by atoms with E-state index in [-0.39, 0.29) is 18.7 Å². The lowest BCUT2D eigenvalue weighted by Crippen LogP contribution is -2.42. The lowest BCUT2D eigenvalue weighted by atomic mass is 9.85. The minimum Gasteiger partial charge on any atom is -0.396 e. The van der Waals surface area contributed by atoms with E-state index in [2.05, 4.69) is 17.6 Å². The topological polar surface area (TPSA) is 61.4 Å². The zero-order chi connectivity index (χ0) is 14.8. The minimum absolute atomic E-state index is 0.0778. The van der Waals surface area contributed by atoms with Crippen molar-refractivity contribution in [2.45, 2.75) is 71.3 Å². The van der Waals surface area contributed by atoms with Gasteiger partial charge in [0.2, 0.25) is 0 Å². The van der Waals surface area contributed by atoms with Crippen molar-refractivity contribution in [3.05, 3.63) is 0 Å². The van der Waals surface area contributed by atoms with E-state index >= 15 is 0 Å². The van der Waals surface area contributed by atoms with Gasteiger partial charge < -0.3 is 15.7 Å². The number of hydrogen-bond donors (Lipinski definition) is 3. The Balaban J connectivity index is 2.08. The van der Waals surface area contributed by atoms with Crippen LogP contribution in [-0.4, -0.2) is 30.3 Å². The quantitative estimate of drug-likeness (QED) is 0.641. The molecule has 0 radical (unpaired) electrons. The van der Waals surface area contributed by atoms with Crippen LogP contribution in [0, 0.1) is 11.8 Å². The molecule has 1 aliphatic rings. The smallest absolute Gasteiger partial charge is 0.315 e. The van der Waals surface area contributed by atoms with Crippen LogP contribution in [0.15, 0.2) is 0 Å². The van der Waals surface area contributed by atoms with Crippen molar-refractivity contribution >= 4 is 6.03 Å². The van der Waals surface area contributed by atoms with Crippen molar-refractivity contribution in [3.63, 3.8) is 0 Å². The summed E-state index contributed by atoms with van der Waals surface area (Å²) < 4.78 is 0. The van der Waals surface area contributed by atoms with E-state index in [1.807, 2.05) is 6.92 Å². The number of aliphatic hydroxyl groups is 1. The first-order valence-electron chi connectivity index (χ1n) is 8.27. The zero-order valence-corrected chi connectivity index (χ0v) is 13.2. The van der Waals surface area contributed by atoms with Crippen LogP contribution in [0.2, 0.25) is 0 Å². The Morgan fingerprint density at radius 1 is 1.20 bits per heavy atom. The third-order valence-corrected chi connectivity index (χ3v) is 4.34. The molecule has 118 valence electrons. The Kier molecular flexibility index (Phi) is 8.67. The number of nitrogens with one attached hydrogen (secondary N) is 2. The van der Waals surface area contributed by atoms with Crippen molar-refractivity contribution < 1.29 is 9.90 Å². The van der Waals surface area contributed by atoms with Crippen molar-refractivity contribution in [2.75, 3.05) is 13.2 Å². The average molecular weight is 284 g/mol. The second kappa shape index (κ2) is 10.0. The van der Waals surface area contributed by atoms with Gasteiger partial charge in [-0.2, -0.15) is 0 Å². The fourth-order valence-electron chi connectivity index (χ4n) is 2.90. The molecule has 0 aromatic heterocycles. The molecule has 2 atom stereocenters. The Hall–Kier alpha value is -0.770. The summed E-state index contributed by atoms with van der Waals surface area (Å²) in [5.74, 6) is 1.20. The van der Waals surface area contributed by atoms with Gasteiger partial charge in [-0.1, -0.05) is 39.0 Å². The number of aliphatic hydroxyl groups excluding tert-OH is 1. The summed E-state index contributed by atoms with van der Waals surface area (Å²) in [5.41, 5.74) is 0. The van der Waals surface area contributed by atoms with Crippen LogP contribution in [-0.2, 0) is 0 Å². The zero-order valence-electron chi connectivity index (χ0n) is 13.2. The monoisotopic (exact) mass is 284 g/mol. The molecule has 2 amide bonds. The molecule has 1 rings (SSSR count). The van der Waals surface area contributed by atoms with Crippen LogP contribution in [0.4, 0.5) is 4.79 Å². The van der Waals surface area contributed by atoms with E-state index in [1.54, 1.807) is 0 Å². The number of carbonyl (C=O) groups excluding carboxylic acids is 1. The van der Waals surface area contributed by atoms with Gasteiger partial charge in [0.05, 0.1) is 0 Å². The predicted octanol–water partition coefficient (Wildman–Crippen LogP) is 3.05.